The second-order valence-electron chi connectivity index (χ2n) is 6.40. The second kappa shape index (κ2) is 5.65. The predicted molar refractivity (Wildman–Crippen MR) is 80.1 cm³/mol. The first-order valence-corrected chi connectivity index (χ1v) is 9.12. The Morgan fingerprint density at radius 3 is 2.58 bits per heavy atom. The van der Waals surface area contributed by atoms with Crippen LogP contribution in [-0.2, 0) is 4.79 Å². The first-order chi connectivity index (χ1) is 9.22. The molecule has 2 aliphatic carbocycles. The molecule has 19 heavy (non-hydrogen) atoms. The van der Waals surface area contributed by atoms with E-state index in [9.17, 15) is 4.79 Å². The summed E-state index contributed by atoms with van der Waals surface area (Å²) in [7, 11) is 0. The average molecular weight is 282 g/mol. The van der Waals surface area contributed by atoms with Crippen LogP contribution in [0.1, 0.15) is 51.9 Å². The van der Waals surface area contributed by atoms with Crippen molar-refractivity contribution in [1.82, 2.24) is 10.2 Å². The molecule has 3 aliphatic rings. The number of rotatable bonds is 3. The summed E-state index contributed by atoms with van der Waals surface area (Å²) in [5, 5.41) is 4.24. The molecule has 2 saturated carbocycles. The van der Waals surface area contributed by atoms with Crippen LogP contribution in [0.3, 0.4) is 0 Å². The van der Waals surface area contributed by atoms with E-state index in [1.165, 1.54) is 44.9 Å². The molecule has 4 atom stereocenters. The van der Waals surface area contributed by atoms with E-state index >= 15 is 0 Å². The molecule has 1 N–H and O–H groups in total. The lowest BCUT2D eigenvalue weighted by atomic mass is 10.0. The van der Waals surface area contributed by atoms with Gasteiger partial charge in [-0.3, -0.25) is 10.1 Å². The minimum atomic E-state index is 0.0220. The van der Waals surface area contributed by atoms with E-state index < -0.39 is 0 Å². The lowest BCUT2D eigenvalue weighted by Gasteiger charge is -2.36. The number of amides is 1. The highest BCUT2D eigenvalue weighted by atomic mass is 32.2. The van der Waals surface area contributed by atoms with Gasteiger partial charge in [-0.2, -0.15) is 11.8 Å². The van der Waals surface area contributed by atoms with Gasteiger partial charge in [-0.05, 0) is 44.8 Å². The number of nitrogens with zero attached hydrogens (tertiary/aromatic N) is 1. The molecular formula is C15H26N2OS. The van der Waals surface area contributed by atoms with Crippen molar-refractivity contribution in [3.05, 3.63) is 0 Å². The minimum Gasteiger partial charge on any atom is -0.321 e. The molecule has 1 heterocycles. The van der Waals surface area contributed by atoms with Crippen LogP contribution in [0.15, 0.2) is 0 Å². The first-order valence-electron chi connectivity index (χ1n) is 7.83. The fourth-order valence-corrected chi connectivity index (χ4v) is 5.26. The van der Waals surface area contributed by atoms with Crippen LogP contribution < -0.4 is 5.32 Å². The Morgan fingerprint density at radius 2 is 1.89 bits per heavy atom. The Hall–Kier alpha value is -0.220. The van der Waals surface area contributed by atoms with Crippen molar-refractivity contribution >= 4 is 17.7 Å². The van der Waals surface area contributed by atoms with Crippen LogP contribution in [0.4, 0.5) is 0 Å². The number of hydrogen-bond donors (Lipinski definition) is 1. The van der Waals surface area contributed by atoms with E-state index in [-0.39, 0.29) is 6.04 Å². The van der Waals surface area contributed by atoms with Gasteiger partial charge in [0.05, 0.1) is 12.2 Å². The Bertz CT molecular complexity index is 343. The minimum absolute atomic E-state index is 0.0220. The zero-order valence-electron chi connectivity index (χ0n) is 12.1. The van der Waals surface area contributed by atoms with Crippen molar-refractivity contribution in [2.75, 3.05) is 6.26 Å². The largest absolute Gasteiger partial charge is 0.321 e. The van der Waals surface area contributed by atoms with E-state index in [0.29, 0.717) is 29.3 Å². The molecule has 108 valence electrons. The van der Waals surface area contributed by atoms with Crippen molar-refractivity contribution in [3.63, 3.8) is 0 Å². The fraction of sp³-hybridized carbons (Fsp3) is 0.933. The maximum absolute atomic E-state index is 12.6. The van der Waals surface area contributed by atoms with E-state index in [0.717, 1.165) is 0 Å². The van der Waals surface area contributed by atoms with Crippen LogP contribution in [0.5, 0.6) is 0 Å². The Labute approximate surface area is 120 Å². The highest BCUT2D eigenvalue weighted by Gasteiger charge is 2.47. The number of nitrogens with one attached hydrogen (secondary N) is 1. The van der Waals surface area contributed by atoms with Crippen LogP contribution in [0.2, 0.25) is 0 Å². The van der Waals surface area contributed by atoms with Crippen molar-refractivity contribution in [2.24, 2.45) is 5.92 Å². The third kappa shape index (κ3) is 2.42. The van der Waals surface area contributed by atoms with Crippen molar-refractivity contribution in [3.8, 4) is 0 Å². The standard InChI is InChI=1S/C15H26N2OS/c1-10-15(18)17(12-8-5-9-13(12)19-2)14(16-10)11-6-3-4-7-11/h10-14,16H,3-9H2,1-2H3. The zero-order valence-corrected chi connectivity index (χ0v) is 12.9. The summed E-state index contributed by atoms with van der Waals surface area (Å²) in [5.74, 6) is 1.04. The van der Waals surface area contributed by atoms with Crippen LogP contribution in [0, 0.1) is 5.92 Å². The first kappa shape index (κ1) is 13.7. The highest BCUT2D eigenvalue weighted by Crippen LogP contribution is 2.39. The third-order valence-electron chi connectivity index (χ3n) is 5.27. The Balaban J connectivity index is 1.80. The maximum atomic E-state index is 12.6. The van der Waals surface area contributed by atoms with Gasteiger partial charge in [-0.1, -0.05) is 19.3 Å². The Morgan fingerprint density at radius 1 is 1.16 bits per heavy atom. The van der Waals surface area contributed by atoms with Gasteiger partial charge >= 0.3 is 0 Å². The summed E-state index contributed by atoms with van der Waals surface area (Å²) in [5.41, 5.74) is 0. The monoisotopic (exact) mass is 282 g/mol. The van der Waals surface area contributed by atoms with E-state index in [4.69, 9.17) is 0 Å². The fourth-order valence-electron chi connectivity index (χ4n) is 4.27. The molecule has 0 aromatic rings. The van der Waals surface area contributed by atoms with Gasteiger partial charge in [0.2, 0.25) is 5.91 Å². The SMILES string of the molecule is CSC1CCCC1N1C(=O)C(C)NC1C1CCCC1. The summed E-state index contributed by atoms with van der Waals surface area (Å²) in [6.45, 7) is 2.04. The van der Waals surface area contributed by atoms with Gasteiger partial charge in [0.15, 0.2) is 0 Å². The summed E-state index contributed by atoms with van der Waals surface area (Å²) in [6.07, 6.45) is 11.6. The Kier molecular flexibility index (Phi) is 4.08. The molecule has 4 unspecified atom stereocenters. The molecule has 4 heteroatoms. The number of thioether (sulfide) groups is 1. The van der Waals surface area contributed by atoms with Crippen LogP contribution in [-0.4, -0.2) is 40.6 Å². The highest BCUT2D eigenvalue weighted by molar-refractivity contribution is 7.99. The van der Waals surface area contributed by atoms with Crippen LogP contribution >= 0.6 is 11.8 Å². The summed E-state index contributed by atoms with van der Waals surface area (Å²) >= 11 is 1.95. The van der Waals surface area contributed by atoms with Gasteiger partial charge in [-0.15, -0.1) is 0 Å². The smallest absolute Gasteiger partial charge is 0.241 e. The molecule has 0 bridgehead atoms. The number of carbonyl (C=O) groups is 1. The summed E-state index contributed by atoms with van der Waals surface area (Å²) in [4.78, 5) is 14.8. The van der Waals surface area contributed by atoms with E-state index in [1.54, 1.807) is 0 Å². The van der Waals surface area contributed by atoms with E-state index in [1.807, 2.05) is 18.7 Å². The van der Waals surface area contributed by atoms with Gasteiger partial charge in [0.25, 0.3) is 0 Å². The second-order valence-corrected chi connectivity index (χ2v) is 7.47. The summed E-state index contributed by atoms with van der Waals surface area (Å²) in [6, 6.07) is 0.499. The molecular weight excluding hydrogens is 256 g/mol. The maximum Gasteiger partial charge on any atom is 0.241 e. The van der Waals surface area contributed by atoms with Crippen LogP contribution in [0.25, 0.3) is 0 Å². The molecule has 3 rings (SSSR count). The molecule has 0 aromatic carbocycles. The number of hydrogen-bond acceptors (Lipinski definition) is 3. The van der Waals surface area contributed by atoms with Crippen molar-refractivity contribution < 1.29 is 4.79 Å². The third-order valence-corrected chi connectivity index (χ3v) is 6.42. The van der Waals surface area contributed by atoms with Crippen molar-refractivity contribution in [2.45, 2.75) is 75.4 Å². The molecule has 0 spiro atoms. The van der Waals surface area contributed by atoms with E-state index in [2.05, 4.69) is 16.5 Å². The van der Waals surface area contributed by atoms with Gasteiger partial charge in [0.1, 0.15) is 0 Å². The molecule has 3 fully saturated rings. The average Bonchev–Trinajstić information content (AvgIpc) is 3.11. The molecule has 1 amide bonds. The normalized spacial score (nSPS) is 40.5. The van der Waals surface area contributed by atoms with Gasteiger partial charge in [0, 0.05) is 11.3 Å². The molecule has 3 nitrogen and oxygen atoms in total. The molecule has 0 aromatic heterocycles. The number of carbonyl (C=O) groups excluding carboxylic acids is 1. The molecule has 1 saturated heterocycles. The lowest BCUT2D eigenvalue weighted by Crippen LogP contribution is -2.50. The predicted octanol–water partition coefficient (Wildman–Crippen LogP) is 2.61. The summed E-state index contributed by atoms with van der Waals surface area (Å²) < 4.78 is 0. The molecule has 1 aliphatic heterocycles. The quantitative estimate of drug-likeness (QED) is 0.863. The topological polar surface area (TPSA) is 32.3 Å². The van der Waals surface area contributed by atoms with Gasteiger partial charge in [-0.25, -0.2) is 0 Å². The van der Waals surface area contributed by atoms with Crippen molar-refractivity contribution in [1.29, 1.82) is 0 Å². The molecule has 0 radical (unpaired) electrons. The lowest BCUT2D eigenvalue weighted by molar-refractivity contribution is -0.132. The zero-order chi connectivity index (χ0) is 13.4. The van der Waals surface area contributed by atoms with Gasteiger partial charge < -0.3 is 4.90 Å².